The number of alkyl halides is 6. The molecule has 13 heteroatoms. The van der Waals surface area contributed by atoms with Crippen LogP contribution >= 0.6 is 0 Å². The zero-order valence-corrected chi connectivity index (χ0v) is 23.5. The molecule has 0 radical (unpaired) electrons. The third kappa shape index (κ3) is 6.06. The van der Waals surface area contributed by atoms with E-state index in [1.807, 2.05) is 0 Å². The number of urea groups is 1. The van der Waals surface area contributed by atoms with Gasteiger partial charge in [-0.2, -0.15) is 26.3 Å². The minimum absolute atomic E-state index is 0.0434. The van der Waals surface area contributed by atoms with Crippen molar-refractivity contribution in [2.75, 3.05) is 27.2 Å². The highest BCUT2D eigenvalue weighted by molar-refractivity contribution is 5.77. The molecule has 2 saturated heterocycles. The number of methoxy groups -OCH3 is 1. The van der Waals surface area contributed by atoms with E-state index in [4.69, 9.17) is 4.74 Å². The van der Waals surface area contributed by atoms with Crippen molar-refractivity contribution in [3.05, 3.63) is 70.0 Å². The number of rotatable bonds is 4. The number of hydrogen-bond acceptors (Lipinski definition) is 4. The van der Waals surface area contributed by atoms with Crippen LogP contribution in [0.15, 0.2) is 36.4 Å². The number of carbonyl (C=O) groups is 2. The molecule has 2 aliphatic heterocycles. The van der Waals surface area contributed by atoms with Gasteiger partial charge >= 0.3 is 24.4 Å². The van der Waals surface area contributed by atoms with Crippen LogP contribution in [0, 0.1) is 18.7 Å². The van der Waals surface area contributed by atoms with Crippen LogP contribution in [0.1, 0.15) is 66.1 Å². The van der Waals surface area contributed by atoms with Crippen LogP contribution in [0.4, 0.5) is 35.5 Å². The molecule has 4 rings (SSSR count). The maximum absolute atomic E-state index is 14.0. The van der Waals surface area contributed by atoms with Crippen molar-refractivity contribution < 1.29 is 45.1 Å². The number of aryl methyl sites for hydroxylation is 1. The molecule has 230 valence electrons. The Bertz CT molecular complexity index is 1310. The number of nitrogens with one attached hydrogen (secondary N) is 1. The Balaban J connectivity index is 1.71. The SMILES string of the molecule is COC(=O)C1CCNC12CCN(C(=O)N(C)[C@H](C)c1cc(C(F)(F)F)cc(C(F)(F)F)c1)C(c1ccc(F)cc1C)C2. The van der Waals surface area contributed by atoms with Crippen molar-refractivity contribution >= 4 is 12.0 Å². The van der Waals surface area contributed by atoms with Crippen LogP contribution < -0.4 is 5.32 Å². The van der Waals surface area contributed by atoms with Crippen LogP contribution in [0.2, 0.25) is 0 Å². The number of halogens is 7. The first-order valence-electron chi connectivity index (χ1n) is 13.4. The number of amides is 2. The fraction of sp³-hybridized carbons (Fsp3) is 0.517. The lowest BCUT2D eigenvalue weighted by molar-refractivity contribution is -0.148. The largest absolute Gasteiger partial charge is 0.469 e. The number of nitrogens with zero attached hydrogens (tertiary/aromatic N) is 2. The third-order valence-corrected chi connectivity index (χ3v) is 8.61. The van der Waals surface area contributed by atoms with Gasteiger partial charge in [0.1, 0.15) is 5.82 Å². The lowest BCUT2D eigenvalue weighted by atomic mass is 9.73. The van der Waals surface area contributed by atoms with E-state index in [0.717, 1.165) is 4.90 Å². The van der Waals surface area contributed by atoms with Crippen LogP contribution in [0.5, 0.6) is 0 Å². The molecule has 2 aromatic rings. The molecule has 0 aromatic heterocycles. The number of carbonyl (C=O) groups excluding carboxylic acids is 2. The number of benzene rings is 2. The van der Waals surface area contributed by atoms with Gasteiger partial charge in [-0.25, -0.2) is 9.18 Å². The van der Waals surface area contributed by atoms with Crippen molar-refractivity contribution in [2.45, 2.75) is 63.1 Å². The summed E-state index contributed by atoms with van der Waals surface area (Å²) < 4.78 is 100.0. The predicted molar refractivity (Wildman–Crippen MR) is 139 cm³/mol. The van der Waals surface area contributed by atoms with Crippen molar-refractivity contribution in [3.8, 4) is 0 Å². The highest BCUT2D eigenvalue weighted by atomic mass is 19.4. The standard InChI is InChI=1S/C29H32F7N3O3/c1-16-11-21(30)5-6-22(16)24-15-27(23(7-9-37-27)25(40)42-4)8-10-39(24)26(41)38(3)17(2)18-12-19(28(31,32)33)14-20(13-18)29(34,35)36/h5-6,11-14,17,23-24,37H,7-10,15H2,1-4H3/t17-,23?,24?,27?/m1/s1. The van der Waals surface area contributed by atoms with Crippen molar-refractivity contribution in [3.63, 3.8) is 0 Å². The number of likely N-dealkylation sites (tertiary alicyclic amines) is 1. The first-order valence-corrected chi connectivity index (χ1v) is 13.4. The van der Waals surface area contributed by atoms with Crippen LogP contribution in [0.3, 0.4) is 0 Å². The predicted octanol–water partition coefficient (Wildman–Crippen LogP) is 6.64. The summed E-state index contributed by atoms with van der Waals surface area (Å²) in [6.07, 6.45) is -8.94. The molecule has 0 bridgehead atoms. The summed E-state index contributed by atoms with van der Waals surface area (Å²) in [4.78, 5) is 29.2. The van der Waals surface area contributed by atoms with E-state index in [1.54, 1.807) is 13.0 Å². The van der Waals surface area contributed by atoms with Gasteiger partial charge in [0.2, 0.25) is 0 Å². The van der Waals surface area contributed by atoms with Crippen molar-refractivity contribution in [2.24, 2.45) is 5.92 Å². The Morgan fingerprint density at radius 1 is 1.07 bits per heavy atom. The Hall–Kier alpha value is -3.35. The van der Waals surface area contributed by atoms with E-state index in [0.29, 0.717) is 42.6 Å². The van der Waals surface area contributed by atoms with E-state index in [1.165, 1.54) is 38.1 Å². The Morgan fingerprint density at radius 3 is 2.24 bits per heavy atom. The summed E-state index contributed by atoms with van der Waals surface area (Å²) in [5, 5.41) is 3.41. The number of piperidine rings is 1. The average Bonchev–Trinajstić information content (AvgIpc) is 3.32. The molecule has 2 amide bonds. The van der Waals surface area contributed by atoms with Gasteiger partial charge in [0, 0.05) is 19.1 Å². The van der Waals surface area contributed by atoms with Gasteiger partial charge in [-0.1, -0.05) is 6.07 Å². The van der Waals surface area contributed by atoms with Gasteiger partial charge < -0.3 is 19.9 Å². The van der Waals surface area contributed by atoms with Gasteiger partial charge in [0.15, 0.2) is 0 Å². The molecule has 2 aliphatic rings. The van der Waals surface area contributed by atoms with Gasteiger partial charge in [-0.3, -0.25) is 4.79 Å². The molecule has 42 heavy (non-hydrogen) atoms. The van der Waals surface area contributed by atoms with E-state index in [2.05, 4.69) is 5.32 Å². The topological polar surface area (TPSA) is 61.9 Å². The van der Waals surface area contributed by atoms with E-state index < -0.39 is 64.8 Å². The van der Waals surface area contributed by atoms with E-state index >= 15 is 0 Å². The van der Waals surface area contributed by atoms with E-state index in [9.17, 15) is 40.3 Å². The number of esters is 1. The first kappa shape index (κ1) is 31.6. The zero-order chi connectivity index (χ0) is 31.2. The maximum atomic E-state index is 14.0. The molecule has 4 atom stereocenters. The molecule has 1 spiro atoms. The van der Waals surface area contributed by atoms with Crippen molar-refractivity contribution in [1.82, 2.24) is 15.1 Å². The second kappa shape index (κ2) is 11.4. The smallest absolute Gasteiger partial charge is 0.416 e. The minimum Gasteiger partial charge on any atom is -0.469 e. The summed E-state index contributed by atoms with van der Waals surface area (Å²) in [6, 6.07) is 2.90. The zero-order valence-electron chi connectivity index (χ0n) is 23.5. The number of ether oxygens (including phenoxy) is 1. The summed E-state index contributed by atoms with van der Waals surface area (Å²) in [5.74, 6) is -1.38. The van der Waals surface area contributed by atoms with Gasteiger partial charge in [0.05, 0.1) is 36.2 Å². The molecule has 2 fully saturated rings. The molecule has 1 N–H and O–H groups in total. The molecule has 0 aliphatic carbocycles. The van der Waals surface area contributed by atoms with Crippen molar-refractivity contribution in [1.29, 1.82) is 0 Å². The highest BCUT2D eigenvalue weighted by Gasteiger charge is 2.53. The summed E-state index contributed by atoms with van der Waals surface area (Å²) >= 11 is 0. The monoisotopic (exact) mass is 603 g/mol. The van der Waals surface area contributed by atoms with Crippen LogP contribution in [-0.4, -0.2) is 54.6 Å². The Morgan fingerprint density at radius 2 is 1.69 bits per heavy atom. The maximum Gasteiger partial charge on any atom is 0.416 e. The normalized spacial score (nSPS) is 23.6. The molecule has 3 unspecified atom stereocenters. The molecule has 2 aromatic carbocycles. The second-order valence-electron chi connectivity index (χ2n) is 11.0. The summed E-state index contributed by atoms with van der Waals surface area (Å²) in [6.45, 7) is 3.68. The number of hydrogen-bond donors (Lipinski definition) is 1. The lowest BCUT2D eigenvalue weighted by Crippen LogP contribution is -2.58. The third-order valence-electron chi connectivity index (χ3n) is 8.61. The quantitative estimate of drug-likeness (QED) is 0.315. The molecule has 6 nitrogen and oxygen atoms in total. The molecular weight excluding hydrogens is 571 g/mol. The highest BCUT2D eigenvalue weighted by Crippen LogP contribution is 2.46. The lowest BCUT2D eigenvalue weighted by Gasteiger charge is -2.48. The second-order valence-corrected chi connectivity index (χ2v) is 11.0. The Kier molecular flexibility index (Phi) is 8.56. The summed E-state index contributed by atoms with van der Waals surface area (Å²) in [5.41, 5.74) is -2.84. The van der Waals surface area contributed by atoms with Gasteiger partial charge in [-0.15, -0.1) is 0 Å². The van der Waals surface area contributed by atoms with E-state index in [-0.39, 0.29) is 24.6 Å². The van der Waals surface area contributed by atoms with Gasteiger partial charge in [0.25, 0.3) is 0 Å². The van der Waals surface area contributed by atoms with Crippen LogP contribution in [-0.2, 0) is 21.9 Å². The minimum atomic E-state index is -5.03. The summed E-state index contributed by atoms with van der Waals surface area (Å²) in [7, 11) is 2.60. The average molecular weight is 604 g/mol. The molecule has 2 heterocycles. The molecular formula is C29H32F7N3O3. The molecule has 0 saturated carbocycles. The fourth-order valence-electron chi connectivity index (χ4n) is 6.19. The van der Waals surface area contributed by atoms with Crippen LogP contribution in [0.25, 0.3) is 0 Å². The first-order chi connectivity index (χ1) is 19.5. The fourth-order valence-corrected chi connectivity index (χ4v) is 6.19. The van der Waals surface area contributed by atoms with Gasteiger partial charge in [-0.05, 0) is 86.7 Å². The Labute approximate surface area is 238 Å².